The van der Waals surface area contributed by atoms with Crippen molar-refractivity contribution in [1.29, 1.82) is 0 Å². The highest BCUT2D eigenvalue weighted by molar-refractivity contribution is 7.07. The van der Waals surface area contributed by atoms with Gasteiger partial charge in [0.1, 0.15) is 6.54 Å². The zero-order valence-electron chi connectivity index (χ0n) is 12.5. The van der Waals surface area contributed by atoms with E-state index in [4.69, 9.17) is 0 Å². The number of hydrogen-bond acceptors (Lipinski definition) is 4. The van der Waals surface area contributed by atoms with Crippen LogP contribution in [0.1, 0.15) is 21.5 Å². The first kappa shape index (κ1) is 17.9. The van der Waals surface area contributed by atoms with Crippen LogP contribution in [0.3, 0.4) is 0 Å². The van der Waals surface area contributed by atoms with Crippen molar-refractivity contribution < 1.29 is 22.9 Å². The van der Waals surface area contributed by atoms with E-state index >= 15 is 0 Å². The van der Waals surface area contributed by atoms with Gasteiger partial charge < -0.3 is 4.90 Å². The summed E-state index contributed by atoms with van der Waals surface area (Å²) in [6.45, 7) is -0.296. The lowest BCUT2D eigenvalue weighted by atomic mass is 10.1. The topological polar surface area (TPSA) is 63.5 Å². The van der Waals surface area contributed by atoms with Crippen LogP contribution in [0.5, 0.6) is 0 Å². The van der Waals surface area contributed by atoms with Crippen molar-refractivity contribution in [2.45, 2.75) is 19.6 Å². The SMILES string of the molecule is Cc1c(C(=O)N(Cc2ccsc2)CC(F)(F)F)cccc1[N+](=O)[O-]. The third kappa shape index (κ3) is 4.31. The molecule has 2 rings (SSSR count). The molecule has 0 spiro atoms. The van der Waals surface area contributed by atoms with Crippen LogP contribution in [0.25, 0.3) is 0 Å². The van der Waals surface area contributed by atoms with Crippen LogP contribution in [0.4, 0.5) is 18.9 Å². The average Bonchev–Trinajstić information content (AvgIpc) is 2.97. The molecule has 0 N–H and O–H groups in total. The molecule has 0 aliphatic heterocycles. The lowest BCUT2D eigenvalue weighted by Crippen LogP contribution is -2.38. The highest BCUT2D eigenvalue weighted by Crippen LogP contribution is 2.25. The van der Waals surface area contributed by atoms with E-state index in [1.807, 2.05) is 0 Å². The van der Waals surface area contributed by atoms with E-state index in [1.165, 1.54) is 36.5 Å². The van der Waals surface area contributed by atoms with Crippen LogP contribution in [0, 0.1) is 17.0 Å². The van der Waals surface area contributed by atoms with E-state index in [1.54, 1.807) is 16.8 Å². The predicted molar refractivity (Wildman–Crippen MR) is 82.9 cm³/mol. The lowest BCUT2D eigenvalue weighted by molar-refractivity contribution is -0.385. The fourth-order valence-electron chi connectivity index (χ4n) is 2.24. The third-order valence-electron chi connectivity index (χ3n) is 3.34. The normalized spacial score (nSPS) is 11.3. The van der Waals surface area contributed by atoms with Crippen molar-refractivity contribution in [3.8, 4) is 0 Å². The van der Waals surface area contributed by atoms with Crippen molar-refractivity contribution in [3.05, 3.63) is 61.8 Å². The highest BCUT2D eigenvalue weighted by atomic mass is 32.1. The minimum Gasteiger partial charge on any atom is -0.325 e. The zero-order valence-corrected chi connectivity index (χ0v) is 13.4. The molecular weight excluding hydrogens is 345 g/mol. The number of thiophene rings is 1. The van der Waals surface area contributed by atoms with E-state index in [0.29, 0.717) is 10.5 Å². The molecule has 0 aliphatic carbocycles. The maximum absolute atomic E-state index is 12.8. The molecule has 1 aromatic carbocycles. The number of rotatable bonds is 5. The van der Waals surface area contributed by atoms with Gasteiger partial charge >= 0.3 is 6.18 Å². The van der Waals surface area contributed by atoms with Gasteiger partial charge in [-0.05, 0) is 35.4 Å². The second-order valence-corrected chi connectivity index (χ2v) is 5.89. The molecule has 1 heterocycles. The van der Waals surface area contributed by atoms with Crippen LogP contribution in [0.2, 0.25) is 0 Å². The van der Waals surface area contributed by atoms with Gasteiger partial charge in [-0.3, -0.25) is 14.9 Å². The summed E-state index contributed by atoms with van der Waals surface area (Å²) in [5, 5.41) is 14.3. The van der Waals surface area contributed by atoms with Crippen LogP contribution in [0.15, 0.2) is 35.0 Å². The number of benzene rings is 1. The summed E-state index contributed by atoms with van der Waals surface area (Å²) in [4.78, 5) is 23.5. The Labute approximate surface area is 139 Å². The number of carbonyl (C=O) groups is 1. The maximum atomic E-state index is 12.8. The summed E-state index contributed by atoms with van der Waals surface area (Å²) >= 11 is 1.31. The van der Waals surface area contributed by atoms with E-state index in [9.17, 15) is 28.1 Å². The van der Waals surface area contributed by atoms with Crippen LogP contribution < -0.4 is 0 Å². The number of nitrogens with zero attached hydrogens (tertiary/aromatic N) is 2. The van der Waals surface area contributed by atoms with Crippen LogP contribution >= 0.6 is 11.3 Å². The third-order valence-corrected chi connectivity index (χ3v) is 4.08. The summed E-state index contributed by atoms with van der Waals surface area (Å²) in [5.74, 6) is -0.889. The van der Waals surface area contributed by atoms with Crippen molar-refractivity contribution in [1.82, 2.24) is 4.90 Å². The number of halogens is 3. The number of carbonyl (C=O) groups excluding carboxylic acids is 1. The van der Waals surface area contributed by atoms with Crippen molar-refractivity contribution >= 4 is 22.9 Å². The van der Waals surface area contributed by atoms with E-state index in [0.717, 1.165) is 0 Å². The Morgan fingerprint density at radius 3 is 2.58 bits per heavy atom. The van der Waals surface area contributed by atoms with Gasteiger partial charge in [0.25, 0.3) is 11.6 Å². The standard InChI is InChI=1S/C15H13F3N2O3S/c1-10-12(3-2-4-13(10)20(22)23)14(21)19(9-15(16,17)18)7-11-5-6-24-8-11/h2-6,8H,7,9H2,1H3. The second kappa shape index (κ2) is 7.00. The first-order valence-corrected chi connectivity index (χ1v) is 7.74. The number of nitro benzene ring substituents is 1. The molecule has 9 heteroatoms. The molecule has 128 valence electrons. The minimum absolute atomic E-state index is 0.0463. The largest absolute Gasteiger partial charge is 0.406 e. The van der Waals surface area contributed by atoms with Gasteiger partial charge in [0, 0.05) is 23.7 Å². The molecule has 0 bridgehead atoms. The van der Waals surface area contributed by atoms with E-state index in [2.05, 4.69) is 0 Å². The van der Waals surface area contributed by atoms with Gasteiger partial charge in [-0.2, -0.15) is 24.5 Å². The number of alkyl halides is 3. The summed E-state index contributed by atoms with van der Waals surface area (Å²) < 4.78 is 38.5. The second-order valence-electron chi connectivity index (χ2n) is 5.11. The fourth-order valence-corrected chi connectivity index (χ4v) is 2.90. The molecule has 0 aliphatic rings. The Morgan fingerprint density at radius 1 is 1.33 bits per heavy atom. The summed E-state index contributed by atoms with van der Waals surface area (Å²) in [6, 6.07) is 5.41. The molecule has 0 atom stereocenters. The highest BCUT2D eigenvalue weighted by Gasteiger charge is 2.34. The fraction of sp³-hybridized carbons (Fsp3) is 0.267. The molecule has 0 saturated heterocycles. The van der Waals surface area contributed by atoms with Gasteiger partial charge in [-0.15, -0.1) is 0 Å². The zero-order chi connectivity index (χ0) is 17.9. The Bertz CT molecular complexity index is 745. The van der Waals surface area contributed by atoms with Crippen molar-refractivity contribution in [2.75, 3.05) is 6.54 Å². The predicted octanol–water partition coefficient (Wildman–Crippen LogP) is 4.17. The van der Waals surface area contributed by atoms with Crippen LogP contribution in [-0.4, -0.2) is 28.5 Å². The van der Waals surface area contributed by atoms with Crippen molar-refractivity contribution in [3.63, 3.8) is 0 Å². The monoisotopic (exact) mass is 358 g/mol. The van der Waals surface area contributed by atoms with Gasteiger partial charge in [0.05, 0.1) is 4.92 Å². The van der Waals surface area contributed by atoms with Gasteiger partial charge in [-0.25, -0.2) is 0 Å². The Kier molecular flexibility index (Phi) is 5.23. The molecule has 0 unspecified atom stereocenters. The van der Waals surface area contributed by atoms with Gasteiger partial charge in [-0.1, -0.05) is 6.07 Å². The minimum atomic E-state index is -4.57. The smallest absolute Gasteiger partial charge is 0.325 e. The molecule has 1 aromatic heterocycles. The first-order chi connectivity index (χ1) is 11.2. The quantitative estimate of drug-likeness (QED) is 0.595. The Morgan fingerprint density at radius 2 is 2.04 bits per heavy atom. The summed E-state index contributed by atoms with van der Waals surface area (Å²) in [5.41, 5.74) is 0.206. The Hall–Kier alpha value is -2.42. The molecule has 2 aromatic rings. The first-order valence-electron chi connectivity index (χ1n) is 6.80. The molecule has 1 amide bonds. The van der Waals surface area contributed by atoms with Crippen LogP contribution in [-0.2, 0) is 6.54 Å². The summed E-state index contributed by atoms with van der Waals surface area (Å²) in [7, 11) is 0. The number of nitro groups is 1. The molecule has 0 fully saturated rings. The molecule has 5 nitrogen and oxygen atoms in total. The molecule has 0 radical (unpaired) electrons. The summed E-state index contributed by atoms with van der Waals surface area (Å²) in [6.07, 6.45) is -4.57. The van der Waals surface area contributed by atoms with E-state index < -0.39 is 23.6 Å². The lowest BCUT2D eigenvalue weighted by Gasteiger charge is -2.24. The molecule has 0 saturated carbocycles. The van der Waals surface area contributed by atoms with Gasteiger partial charge in [0.2, 0.25) is 0 Å². The molecule has 24 heavy (non-hydrogen) atoms. The van der Waals surface area contributed by atoms with Crippen molar-refractivity contribution in [2.24, 2.45) is 0 Å². The number of amides is 1. The average molecular weight is 358 g/mol. The Balaban J connectivity index is 2.37. The van der Waals surface area contributed by atoms with Gasteiger partial charge in [0.15, 0.2) is 0 Å². The van der Waals surface area contributed by atoms with E-state index in [-0.39, 0.29) is 23.4 Å². The number of hydrogen-bond donors (Lipinski definition) is 0. The maximum Gasteiger partial charge on any atom is 0.406 e. The molecular formula is C15H13F3N2O3S.